The van der Waals surface area contributed by atoms with Crippen LogP contribution in [0.1, 0.15) is 44.2 Å². The van der Waals surface area contributed by atoms with E-state index < -0.39 is 0 Å². The van der Waals surface area contributed by atoms with E-state index >= 15 is 0 Å². The highest BCUT2D eigenvalue weighted by molar-refractivity contribution is 5.22. The fourth-order valence-electron chi connectivity index (χ4n) is 3.19. The van der Waals surface area contributed by atoms with Gasteiger partial charge >= 0.3 is 0 Å². The Morgan fingerprint density at radius 2 is 2.20 bits per heavy atom. The van der Waals surface area contributed by atoms with Crippen molar-refractivity contribution in [1.29, 1.82) is 0 Å². The average molecular weight is 275 g/mol. The maximum absolute atomic E-state index is 6.01. The molecule has 0 amide bonds. The van der Waals surface area contributed by atoms with Crippen molar-refractivity contribution >= 4 is 0 Å². The second-order valence-electron chi connectivity index (χ2n) is 6.25. The van der Waals surface area contributed by atoms with Gasteiger partial charge in [-0.05, 0) is 64.1 Å². The van der Waals surface area contributed by atoms with Gasteiger partial charge in [-0.25, -0.2) is 0 Å². The molecule has 2 nitrogen and oxygen atoms in total. The topological polar surface area (TPSA) is 21.3 Å². The molecule has 0 spiro atoms. The van der Waals surface area contributed by atoms with Crippen LogP contribution in [0, 0.1) is 12.8 Å². The molecule has 3 atom stereocenters. The third-order valence-corrected chi connectivity index (χ3v) is 4.21. The predicted molar refractivity (Wildman–Crippen MR) is 85.1 cm³/mol. The minimum absolute atomic E-state index is 0.457. The minimum Gasteiger partial charge on any atom is -0.375 e. The lowest BCUT2D eigenvalue weighted by atomic mass is 9.92. The van der Waals surface area contributed by atoms with Crippen molar-refractivity contribution in [2.45, 2.75) is 58.7 Å². The highest BCUT2D eigenvalue weighted by atomic mass is 16.5. The molecule has 3 unspecified atom stereocenters. The summed E-state index contributed by atoms with van der Waals surface area (Å²) in [5, 5.41) is 3.51. The Kier molecular flexibility index (Phi) is 6.06. The van der Waals surface area contributed by atoms with Gasteiger partial charge in [0, 0.05) is 0 Å². The maximum atomic E-state index is 6.01. The molecule has 0 aliphatic carbocycles. The van der Waals surface area contributed by atoms with Crippen LogP contribution in [-0.4, -0.2) is 25.3 Å². The van der Waals surface area contributed by atoms with E-state index in [1.807, 2.05) is 0 Å². The number of nitrogens with one attached hydrogen (secondary N) is 1. The molecule has 0 saturated carbocycles. The number of rotatable bonds is 7. The minimum atomic E-state index is 0.457. The van der Waals surface area contributed by atoms with Crippen LogP contribution < -0.4 is 5.32 Å². The fraction of sp³-hybridized carbons (Fsp3) is 0.667. The molecule has 1 heterocycles. The molecule has 1 aromatic carbocycles. The van der Waals surface area contributed by atoms with Crippen molar-refractivity contribution in [2.75, 3.05) is 13.1 Å². The third kappa shape index (κ3) is 4.92. The van der Waals surface area contributed by atoms with Gasteiger partial charge in [0.2, 0.25) is 0 Å². The summed E-state index contributed by atoms with van der Waals surface area (Å²) in [6, 6.07) is 8.91. The van der Waals surface area contributed by atoms with E-state index in [1.54, 1.807) is 0 Å². The first-order valence-corrected chi connectivity index (χ1v) is 8.09. The molecule has 20 heavy (non-hydrogen) atoms. The zero-order chi connectivity index (χ0) is 14.4. The van der Waals surface area contributed by atoms with Crippen molar-refractivity contribution in [1.82, 2.24) is 5.32 Å². The molecule has 1 aliphatic heterocycles. The summed E-state index contributed by atoms with van der Waals surface area (Å²) in [6.07, 6.45) is 5.73. The van der Waals surface area contributed by atoms with Crippen LogP contribution in [0.2, 0.25) is 0 Å². The SMILES string of the molecule is CCNCC(Cc1cccc(C)c1)CC1CCC(C)O1. The first-order valence-electron chi connectivity index (χ1n) is 8.09. The highest BCUT2D eigenvalue weighted by Crippen LogP contribution is 2.26. The molecule has 2 rings (SSSR count). The number of hydrogen-bond acceptors (Lipinski definition) is 2. The lowest BCUT2D eigenvalue weighted by Crippen LogP contribution is -2.27. The summed E-state index contributed by atoms with van der Waals surface area (Å²) >= 11 is 0. The Labute approximate surface area is 123 Å². The van der Waals surface area contributed by atoms with Crippen LogP contribution in [0.5, 0.6) is 0 Å². The van der Waals surface area contributed by atoms with E-state index in [0.717, 1.165) is 19.5 Å². The Bertz CT molecular complexity index is 404. The van der Waals surface area contributed by atoms with Gasteiger partial charge in [-0.2, -0.15) is 0 Å². The largest absolute Gasteiger partial charge is 0.375 e. The predicted octanol–water partition coefficient (Wildman–Crippen LogP) is 3.72. The van der Waals surface area contributed by atoms with Gasteiger partial charge < -0.3 is 10.1 Å². The smallest absolute Gasteiger partial charge is 0.0583 e. The Morgan fingerprint density at radius 1 is 1.35 bits per heavy atom. The molecule has 0 bridgehead atoms. The number of aryl methyl sites for hydroxylation is 1. The molecular weight excluding hydrogens is 246 g/mol. The Hall–Kier alpha value is -0.860. The van der Waals surface area contributed by atoms with Crippen molar-refractivity contribution in [3.63, 3.8) is 0 Å². The maximum Gasteiger partial charge on any atom is 0.0583 e. The van der Waals surface area contributed by atoms with Gasteiger partial charge in [0.05, 0.1) is 12.2 Å². The average Bonchev–Trinajstić information content (AvgIpc) is 2.81. The highest BCUT2D eigenvalue weighted by Gasteiger charge is 2.24. The van der Waals surface area contributed by atoms with E-state index in [9.17, 15) is 0 Å². The van der Waals surface area contributed by atoms with Crippen LogP contribution in [0.4, 0.5) is 0 Å². The zero-order valence-corrected chi connectivity index (χ0v) is 13.2. The standard InChI is InChI=1S/C18H29NO/c1-4-19-13-17(12-18-9-8-15(3)20-18)11-16-7-5-6-14(2)10-16/h5-7,10,15,17-19H,4,8-9,11-13H2,1-3H3. The summed E-state index contributed by atoms with van der Waals surface area (Å²) in [5.41, 5.74) is 2.81. The lowest BCUT2D eigenvalue weighted by molar-refractivity contribution is 0.0408. The summed E-state index contributed by atoms with van der Waals surface area (Å²) in [6.45, 7) is 8.69. The molecular formula is C18H29NO. The summed E-state index contributed by atoms with van der Waals surface area (Å²) in [4.78, 5) is 0. The van der Waals surface area contributed by atoms with Gasteiger partial charge in [-0.1, -0.05) is 36.8 Å². The molecule has 1 aromatic rings. The first-order chi connectivity index (χ1) is 9.67. The first kappa shape index (κ1) is 15.5. The van der Waals surface area contributed by atoms with Crippen LogP contribution in [0.3, 0.4) is 0 Å². The molecule has 1 fully saturated rings. The molecule has 1 N–H and O–H groups in total. The third-order valence-electron chi connectivity index (χ3n) is 4.21. The zero-order valence-electron chi connectivity index (χ0n) is 13.2. The van der Waals surface area contributed by atoms with Gasteiger partial charge in [0.1, 0.15) is 0 Å². The van der Waals surface area contributed by atoms with Crippen LogP contribution in [0.25, 0.3) is 0 Å². The van der Waals surface area contributed by atoms with Gasteiger partial charge in [0.25, 0.3) is 0 Å². The second-order valence-corrected chi connectivity index (χ2v) is 6.25. The quantitative estimate of drug-likeness (QED) is 0.819. The number of ether oxygens (including phenoxy) is 1. The fourth-order valence-corrected chi connectivity index (χ4v) is 3.19. The molecule has 0 aromatic heterocycles. The normalized spacial score (nSPS) is 23.9. The van der Waals surface area contributed by atoms with Crippen molar-refractivity contribution in [3.8, 4) is 0 Å². The molecule has 1 aliphatic rings. The van der Waals surface area contributed by atoms with E-state index in [0.29, 0.717) is 18.1 Å². The van der Waals surface area contributed by atoms with Crippen LogP contribution >= 0.6 is 0 Å². The summed E-state index contributed by atoms with van der Waals surface area (Å²) < 4.78 is 6.01. The van der Waals surface area contributed by atoms with Gasteiger partial charge in [0.15, 0.2) is 0 Å². The van der Waals surface area contributed by atoms with E-state index in [1.165, 1.54) is 30.4 Å². The van der Waals surface area contributed by atoms with E-state index in [-0.39, 0.29) is 0 Å². The van der Waals surface area contributed by atoms with Crippen molar-refractivity contribution in [3.05, 3.63) is 35.4 Å². The van der Waals surface area contributed by atoms with Crippen molar-refractivity contribution in [2.24, 2.45) is 5.92 Å². The Balaban J connectivity index is 1.92. The van der Waals surface area contributed by atoms with E-state index in [4.69, 9.17) is 4.74 Å². The van der Waals surface area contributed by atoms with Crippen molar-refractivity contribution < 1.29 is 4.74 Å². The molecule has 1 saturated heterocycles. The summed E-state index contributed by atoms with van der Waals surface area (Å²) in [5.74, 6) is 0.673. The summed E-state index contributed by atoms with van der Waals surface area (Å²) in [7, 11) is 0. The number of hydrogen-bond donors (Lipinski definition) is 1. The second kappa shape index (κ2) is 7.80. The Morgan fingerprint density at radius 3 is 2.85 bits per heavy atom. The van der Waals surface area contributed by atoms with Crippen LogP contribution in [-0.2, 0) is 11.2 Å². The van der Waals surface area contributed by atoms with Gasteiger partial charge in [-0.3, -0.25) is 0 Å². The van der Waals surface area contributed by atoms with Crippen LogP contribution in [0.15, 0.2) is 24.3 Å². The molecule has 2 heteroatoms. The molecule has 112 valence electrons. The lowest BCUT2D eigenvalue weighted by Gasteiger charge is -2.21. The molecule has 0 radical (unpaired) electrons. The van der Waals surface area contributed by atoms with E-state index in [2.05, 4.69) is 50.4 Å². The monoisotopic (exact) mass is 275 g/mol. The number of benzene rings is 1. The van der Waals surface area contributed by atoms with Gasteiger partial charge in [-0.15, -0.1) is 0 Å².